The maximum Gasteiger partial charge on any atom is 0.208 e. The summed E-state index contributed by atoms with van der Waals surface area (Å²) < 4.78 is 0. The minimum atomic E-state index is 0.812. The van der Waals surface area contributed by atoms with Crippen molar-refractivity contribution >= 4 is 23.5 Å². The maximum absolute atomic E-state index is 4.25. The number of aromatic nitrogens is 3. The Labute approximate surface area is 103 Å². The fourth-order valence-corrected chi connectivity index (χ4v) is 2.46. The SMILES string of the molecule is CSc1ccc(CSc2n[nH]c(C)n2)cc1. The molecular weight excluding hydrogens is 238 g/mol. The number of thioether (sulfide) groups is 2. The number of nitrogens with zero attached hydrogens (tertiary/aromatic N) is 2. The lowest BCUT2D eigenvalue weighted by Crippen LogP contribution is -1.82. The lowest BCUT2D eigenvalue weighted by atomic mass is 10.2. The summed E-state index contributed by atoms with van der Waals surface area (Å²) in [5, 5.41) is 7.74. The molecule has 0 amide bonds. The van der Waals surface area contributed by atoms with Gasteiger partial charge in [0.1, 0.15) is 5.82 Å². The highest BCUT2D eigenvalue weighted by atomic mass is 32.2. The molecule has 0 bridgehead atoms. The van der Waals surface area contributed by atoms with Gasteiger partial charge in [0.15, 0.2) is 0 Å². The van der Waals surface area contributed by atoms with Crippen LogP contribution in [0, 0.1) is 6.92 Å². The Kier molecular flexibility index (Phi) is 3.90. The second-order valence-electron chi connectivity index (χ2n) is 3.34. The van der Waals surface area contributed by atoms with E-state index in [2.05, 4.69) is 45.7 Å². The molecule has 2 aromatic rings. The fraction of sp³-hybridized carbons (Fsp3) is 0.273. The van der Waals surface area contributed by atoms with Crippen LogP contribution in [-0.4, -0.2) is 21.4 Å². The van der Waals surface area contributed by atoms with Crippen molar-refractivity contribution in [2.45, 2.75) is 22.7 Å². The zero-order valence-corrected chi connectivity index (χ0v) is 10.9. The molecule has 0 unspecified atom stereocenters. The van der Waals surface area contributed by atoms with Crippen LogP contribution in [0.2, 0.25) is 0 Å². The minimum absolute atomic E-state index is 0.812. The van der Waals surface area contributed by atoms with Crippen LogP contribution in [0.4, 0.5) is 0 Å². The second kappa shape index (κ2) is 5.41. The summed E-state index contributed by atoms with van der Waals surface area (Å²) in [7, 11) is 0. The van der Waals surface area contributed by atoms with Crippen molar-refractivity contribution in [3.8, 4) is 0 Å². The maximum atomic E-state index is 4.25. The van der Waals surface area contributed by atoms with E-state index < -0.39 is 0 Å². The van der Waals surface area contributed by atoms with E-state index in [4.69, 9.17) is 0 Å². The van der Waals surface area contributed by atoms with Gasteiger partial charge in [0.05, 0.1) is 0 Å². The number of nitrogens with one attached hydrogen (secondary N) is 1. The molecule has 84 valence electrons. The van der Waals surface area contributed by atoms with Gasteiger partial charge in [-0.1, -0.05) is 23.9 Å². The Morgan fingerprint density at radius 1 is 1.25 bits per heavy atom. The van der Waals surface area contributed by atoms with Crippen LogP contribution < -0.4 is 0 Å². The number of aromatic amines is 1. The van der Waals surface area contributed by atoms with Gasteiger partial charge in [-0.15, -0.1) is 16.9 Å². The summed E-state index contributed by atoms with van der Waals surface area (Å²) in [5.41, 5.74) is 1.30. The fourth-order valence-electron chi connectivity index (χ4n) is 1.26. The number of hydrogen-bond acceptors (Lipinski definition) is 4. The highest BCUT2D eigenvalue weighted by Crippen LogP contribution is 2.21. The molecule has 0 radical (unpaired) electrons. The topological polar surface area (TPSA) is 41.6 Å². The van der Waals surface area contributed by atoms with Gasteiger partial charge < -0.3 is 0 Å². The van der Waals surface area contributed by atoms with E-state index in [-0.39, 0.29) is 0 Å². The summed E-state index contributed by atoms with van der Waals surface area (Å²) in [6, 6.07) is 8.59. The largest absolute Gasteiger partial charge is 0.262 e. The molecule has 16 heavy (non-hydrogen) atoms. The number of H-pyrrole nitrogens is 1. The first kappa shape index (κ1) is 11.5. The molecule has 0 aliphatic carbocycles. The molecule has 3 nitrogen and oxygen atoms in total. The van der Waals surface area contributed by atoms with Crippen LogP contribution in [0.3, 0.4) is 0 Å². The summed E-state index contributed by atoms with van der Waals surface area (Å²) >= 11 is 3.41. The Balaban J connectivity index is 1.94. The molecular formula is C11H13N3S2. The molecule has 0 aliphatic heterocycles. The summed E-state index contributed by atoms with van der Waals surface area (Å²) in [6.45, 7) is 1.91. The number of aryl methyl sites for hydroxylation is 1. The van der Waals surface area contributed by atoms with Gasteiger partial charge in [0.25, 0.3) is 0 Å². The van der Waals surface area contributed by atoms with Gasteiger partial charge >= 0.3 is 0 Å². The average molecular weight is 251 g/mol. The third-order valence-corrected chi connectivity index (χ3v) is 3.77. The first-order valence-corrected chi connectivity index (χ1v) is 7.13. The Morgan fingerprint density at radius 3 is 2.56 bits per heavy atom. The van der Waals surface area contributed by atoms with E-state index in [0.29, 0.717) is 0 Å². The van der Waals surface area contributed by atoms with Crippen LogP contribution in [0.15, 0.2) is 34.3 Å². The normalized spacial score (nSPS) is 10.6. The standard InChI is InChI=1S/C11H13N3S2/c1-8-12-11(14-13-8)16-7-9-3-5-10(15-2)6-4-9/h3-6H,7H2,1-2H3,(H,12,13,14). The summed E-state index contributed by atoms with van der Waals surface area (Å²) in [4.78, 5) is 5.55. The van der Waals surface area contributed by atoms with E-state index in [1.807, 2.05) is 6.92 Å². The first-order chi connectivity index (χ1) is 7.78. The van der Waals surface area contributed by atoms with E-state index in [1.165, 1.54) is 10.5 Å². The van der Waals surface area contributed by atoms with Gasteiger partial charge in [-0.3, -0.25) is 5.10 Å². The van der Waals surface area contributed by atoms with Crippen LogP contribution >= 0.6 is 23.5 Å². The Hall–Kier alpha value is -0.940. The number of hydrogen-bond donors (Lipinski definition) is 1. The summed E-state index contributed by atoms with van der Waals surface area (Å²) in [6.07, 6.45) is 2.08. The van der Waals surface area contributed by atoms with Gasteiger partial charge in [-0.25, -0.2) is 4.98 Å². The number of rotatable bonds is 4. The predicted molar refractivity (Wildman–Crippen MR) is 68.9 cm³/mol. The Bertz CT molecular complexity index is 451. The lowest BCUT2D eigenvalue weighted by Gasteiger charge is -2.00. The van der Waals surface area contributed by atoms with Crippen molar-refractivity contribution in [3.63, 3.8) is 0 Å². The average Bonchev–Trinajstić information content (AvgIpc) is 2.73. The first-order valence-electron chi connectivity index (χ1n) is 4.92. The Morgan fingerprint density at radius 2 is 2.00 bits per heavy atom. The van der Waals surface area contributed by atoms with Crippen molar-refractivity contribution in [2.75, 3.05) is 6.26 Å². The van der Waals surface area contributed by atoms with E-state index >= 15 is 0 Å². The quantitative estimate of drug-likeness (QED) is 0.848. The van der Waals surface area contributed by atoms with E-state index in [9.17, 15) is 0 Å². The highest BCUT2D eigenvalue weighted by Gasteiger charge is 2.01. The third kappa shape index (κ3) is 3.02. The van der Waals surface area contributed by atoms with E-state index in [0.717, 1.165) is 16.7 Å². The molecule has 5 heteroatoms. The van der Waals surface area contributed by atoms with Crippen LogP contribution in [0.1, 0.15) is 11.4 Å². The van der Waals surface area contributed by atoms with Crippen molar-refractivity contribution < 1.29 is 0 Å². The third-order valence-electron chi connectivity index (χ3n) is 2.10. The minimum Gasteiger partial charge on any atom is -0.262 e. The van der Waals surface area contributed by atoms with E-state index in [1.54, 1.807) is 23.5 Å². The lowest BCUT2D eigenvalue weighted by molar-refractivity contribution is 0.969. The molecule has 1 heterocycles. The second-order valence-corrected chi connectivity index (χ2v) is 5.16. The van der Waals surface area contributed by atoms with Gasteiger partial charge in [-0.2, -0.15) is 0 Å². The molecule has 0 spiro atoms. The van der Waals surface area contributed by atoms with Crippen molar-refractivity contribution in [1.82, 2.24) is 15.2 Å². The van der Waals surface area contributed by atoms with Gasteiger partial charge in [0, 0.05) is 10.6 Å². The van der Waals surface area contributed by atoms with Crippen molar-refractivity contribution in [3.05, 3.63) is 35.7 Å². The zero-order valence-electron chi connectivity index (χ0n) is 9.23. The molecule has 0 saturated carbocycles. The molecule has 1 N–H and O–H groups in total. The van der Waals surface area contributed by atoms with Crippen LogP contribution in [-0.2, 0) is 5.75 Å². The smallest absolute Gasteiger partial charge is 0.208 e. The van der Waals surface area contributed by atoms with Gasteiger partial charge in [-0.05, 0) is 30.9 Å². The predicted octanol–water partition coefficient (Wildman–Crippen LogP) is 3.13. The van der Waals surface area contributed by atoms with Gasteiger partial charge in [0.2, 0.25) is 5.16 Å². The molecule has 0 aliphatic rings. The molecule has 1 aromatic carbocycles. The molecule has 0 fully saturated rings. The highest BCUT2D eigenvalue weighted by molar-refractivity contribution is 7.98. The zero-order chi connectivity index (χ0) is 11.4. The molecule has 0 atom stereocenters. The molecule has 0 saturated heterocycles. The molecule has 2 rings (SSSR count). The molecule has 1 aromatic heterocycles. The van der Waals surface area contributed by atoms with Crippen LogP contribution in [0.5, 0.6) is 0 Å². The summed E-state index contributed by atoms with van der Waals surface area (Å²) in [5.74, 6) is 1.77. The van der Waals surface area contributed by atoms with Crippen molar-refractivity contribution in [1.29, 1.82) is 0 Å². The van der Waals surface area contributed by atoms with Crippen LogP contribution in [0.25, 0.3) is 0 Å². The van der Waals surface area contributed by atoms with Crippen molar-refractivity contribution in [2.24, 2.45) is 0 Å². The monoisotopic (exact) mass is 251 g/mol. The number of benzene rings is 1.